The van der Waals surface area contributed by atoms with E-state index in [-0.39, 0.29) is 6.10 Å². The van der Waals surface area contributed by atoms with Gasteiger partial charge in [-0.25, -0.2) is 9.37 Å². The lowest BCUT2D eigenvalue weighted by Crippen LogP contribution is -2.47. The molecule has 1 aliphatic heterocycles. The van der Waals surface area contributed by atoms with Gasteiger partial charge in [0.2, 0.25) is 0 Å². The van der Waals surface area contributed by atoms with Gasteiger partial charge in [-0.1, -0.05) is 6.08 Å². The van der Waals surface area contributed by atoms with E-state index in [1.54, 1.807) is 17.4 Å². The van der Waals surface area contributed by atoms with Crippen LogP contribution in [0, 0.1) is 6.92 Å². The van der Waals surface area contributed by atoms with Crippen molar-refractivity contribution < 1.29 is 9.13 Å². The summed E-state index contributed by atoms with van der Waals surface area (Å²) in [5, 5.41) is 4.26. The smallest absolute Gasteiger partial charge is 0.119 e. The van der Waals surface area contributed by atoms with Gasteiger partial charge in [0.05, 0.1) is 30.0 Å². The number of nitrogens with one attached hydrogen (secondary N) is 1. The Kier molecular flexibility index (Phi) is 6.75. The van der Waals surface area contributed by atoms with E-state index >= 15 is 0 Å². The molecule has 4 unspecified atom stereocenters. The largest absolute Gasteiger partial charge is 0.371 e. The van der Waals surface area contributed by atoms with Crippen LogP contribution in [0.4, 0.5) is 4.39 Å². The van der Waals surface area contributed by atoms with Crippen molar-refractivity contribution >= 4 is 20.6 Å². The predicted molar refractivity (Wildman–Crippen MR) is 105 cm³/mol. The van der Waals surface area contributed by atoms with Gasteiger partial charge >= 0.3 is 0 Å². The first-order chi connectivity index (χ1) is 12.1. The molecule has 2 heterocycles. The van der Waals surface area contributed by atoms with Gasteiger partial charge in [0.15, 0.2) is 0 Å². The van der Waals surface area contributed by atoms with Crippen LogP contribution in [0.2, 0.25) is 0 Å². The number of rotatable bonds is 5. The topological polar surface area (TPSA) is 37.4 Å². The van der Waals surface area contributed by atoms with Gasteiger partial charge in [0, 0.05) is 24.5 Å². The molecule has 25 heavy (non-hydrogen) atoms. The lowest BCUT2D eigenvalue weighted by atomic mass is 10.0. The summed E-state index contributed by atoms with van der Waals surface area (Å²) in [5.41, 5.74) is 4.15. The summed E-state index contributed by atoms with van der Waals surface area (Å²) in [6, 6.07) is 0.293. The molecule has 0 bridgehead atoms. The van der Waals surface area contributed by atoms with Gasteiger partial charge in [0.25, 0.3) is 0 Å². The monoisotopic (exact) mass is 383 g/mol. The third-order valence-electron chi connectivity index (χ3n) is 4.87. The fourth-order valence-electron chi connectivity index (χ4n) is 3.56. The Balaban J connectivity index is 1.79. The molecule has 4 atom stereocenters. The molecule has 1 aromatic rings. The number of thiazole rings is 1. The summed E-state index contributed by atoms with van der Waals surface area (Å²) in [6.45, 7) is 5.36. The molecular formula is C18H27FN3OPS. The fourth-order valence-corrected chi connectivity index (χ4v) is 5.01. The van der Waals surface area contributed by atoms with E-state index in [1.807, 2.05) is 12.6 Å². The first-order valence-corrected chi connectivity index (χ1v) is 10.3. The third kappa shape index (κ3) is 4.55. The number of halogens is 1. The molecule has 0 radical (unpaired) electrons. The molecule has 1 aromatic heterocycles. The fraction of sp³-hybridized carbons (Fsp3) is 0.611. The number of likely N-dealkylation sites (N-methyl/N-ethyl adjacent to an activating group) is 1. The summed E-state index contributed by atoms with van der Waals surface area (Å²) in [6.07, 6.45) is 4.31. The predicted octanol–water partition coefficient (Wildman–Crippen LogP) is 3.23. The van der Waals surface area contributed by atoms with Crippen LogP contribution in [-0.4, -0.2) is 55.4 Å². The maximum Gasteiger partial charge on any atom is 0.119 e. The molecule has 1 fully saturated rings. The standard InChI is InChI=1S/C18H27FN3OPS/c1-12-18(25-11-21-12)15(9-20-2)22-6-7-23-16(10-22)14-5-3-4-13(19)8-17(14)24/h5,8,11,13,15-16,20H,3-4,6-7,9-10,24H2,1-2H3. The molecule has 138 valence electrons. The summed E-state index contributed by atoms with van der Waals surface area (Å²) in [7, 11) is 4.68. The lowest BCUT2D eigenvalue weighted by molar-refractivity contribution is -0.0242. The summed E-state index contributed by atoms with van der Waals surface area (Å²) < 4.78 is 19.8. The van der Waals surface area contributed by atoms with Crippen LogP contribution in [0.15, 0.2) is 28.5 Å². The lowest BCUT2D eigenvalue weighted by Gasteiger charge is -2.39. The minimum absolute atomic E-state index is 0.00427. The average Bonchev–Trinajstić information content (AvgIpc) is 2.94. The first-order valence-electron chi connectivity index (χ1n) is 8.82. The number of hydrogen-bond acceptors (Lipinski definition) is 5. The highest BCUT2D eigenvalue weighted by Gasteiger charge is 2.31. The van der Waals surface area contributed by atoms with Crippen molar-refractivity contribution in [3.63, 3.8) is 0 Å². The molecule has 1 aliphatic carbocycles. The Morgan fingerprint density at radius 1 is 1.56 bits per heavy atom. The zero-order chi connectivity index (χ0) is 17.8. The number of aromatic nitrogens is 1. The molecule has 4 nitrogen and oxygen atoms in total. The van der Waals surface area contributed by atoms with E-state index in [4.69, 9.17) is 4.74 Å². The van der Waals surface area contributed by atoms with E-state index in [1.165, 1.54) is 4.88 Å². The number of allylic oxidation sites excluding steroid dienone is 2. The van der Waals surface area contributed by atoms with Crippen LogP contribution in [-0.2, 0) is 4.74 Å². The van der Waals surface area contributed by atoms with Gasteiger partial charge < -0.3 is 10.1 Å². The Morgan fingerprint density at radius 3 is 3.12 bits per heavy atom. The number of nitrogens with zero attached hydrogens (tertiary/aromatic N) is 2. The Hall–Kier alpha value is -0.650. The van der Waals surface area contributed by atoms with Gasteiger partial charge in [-0.05, 0) is 43.8 Å². The normalized spacial score (nSPS) is 26.7. The van der Waals surface area contributed by atoms with E-state index in [0.29, 0.717) is 19.1 Å². The zero-order valence-corrected chi connectivity index (χ0v) is 16.8. The van der Waals surface area contributed by atoms with Crippen LogP contribution in [0.5, 0.6) is 0 Å². The third-order valence-corrected chi connectivity index (χ3v) is 6.43. The molecule has 3 rings (SSSR count). The zero-order valence-electron chi connectivity index (χ0n) is 14.9. The van der Waals surface area contributed by atoms with Crippen molar-refractivity contribution in [3.05, 3.63) is 39.1 Å². The van der Waals surface area contributed by atoms with Gasteiger partial charge in [-0.15, -0.1) is 20.6 Å². The number of aryl methyl sites for hydroxylation is 1. The van der Waals surface area contributed by atoms with Gasteiger partial charge in [0.1, 0.15) is 6.17 Å². The Morgan fingerprint density at radius 2 is 2.40 bits per heavy atom. The minimum atomic E-state index is -0.863. The molecule has 0 aromatic carbocycles. The molecule has 0 saturated carbocycles. The SMILES string of the molecule is CNCC(c1scnc1C)N1CCOC(C2=CCCC(F)C=C2P)C1. The second-order valence-electron chi connectivity index (χ2n) is 6.60. The Labute approximate surface area is 155 Å². The molecule has 7 heteroatoms. The molecule has 0 spiro atoms. The minimum Gasteiger partial charge on any atom is -0.371 e. The highest BCUT2D eigenvalue weighted by molar-refractivity contribution is 7.23. The molecule has 0 amide bonds. The second-order valence-corrected chi connectivity index (χ2v) is 8.11. The number of alkyl halides is 1. The van der Waals surface area contributed by atoms with E-state index in [2.05, 4.69) is 37.4 Å². The number of ether oxygens (including phenoxy) is 1. The van der Waals surface area contributed by atoms with Crippen LogP contribution < -0.4 is 5.32 Å². The maximum absolute atomic E-state index is 13.8. The quantitative estimate of drug-likeness (QED) is 0.793. The maximum atomic E-state index is 13.8. The second kappa shape index (κ2) is 8.83. The van der Waals surface area contributed by atoms with Crippen LogP contribution in [0.25, 0.3) is 0 Å². The number of morpholine rings is 1. The van der Waals surface area contributed by atoms with E-state index in [0.717, 1.165) is 42.6 Å². The highest BCUT2D eigenvalue weighted by Crippen LogP contribution is 2.33. The summed E-state index contributed by atoms with van der Waals surface area (Å²) >= 11 is 1.72. The van der Waals surface area contributed by atoms with Crippen molar-refractivity contribution in [2.45, 2.75) is 38.1 Å². The molecule has 1 saturated heterocycles. The molecule has 1 N–H and O–H groups in total. The van der Waals surface area contributed by atoms with Crippen LogP contribution in [0.1, 0.15) is 29.5 Å². The molecular weight excluding hydrogens is 356 g/mol. The molecule has 2 aliphatic rings. The summed E-state index contributed by atoms with van der Waals surface area (Å²) in [4.78, 5) is 8.21. The first kappa shape index (κ1) is 19.1. The van der Waals surface area contributed by atoms with E-state index < -0.39 is 6.17 Å². The van der Waals surface area contributed by atoms with Crippen LogP contribution >= 0.6 is 20.6 Å². The van der Waals surface area contributed by atoms with Crippen molar-refractivity contribution in [2.75, 3.05) is 33.3 Å². The van der Waals surface area contributed by atoms with Crippen molar-refractivity contribution in [1.29, 1.82) is 0 Å². The van der Waals surface area contributed by atoms with Gasteiger partial charge in [-0.2, -0.15) is 0 Å². The van der Waals surface area contributed by atoms with Crippen LogP contribution in [0.3, 0.4) is 0 Å². The number of hydrogen-bond donors (Lipinski definition) is 1. The highest BCUT2D eigenvalue weighted by atomic mass is 32.1. The Bertz CT molecular complexity index is 648. The van der Waals surface area contributed by atoms with Crippen molar-refractivity contribution in [1.82, 2.24) is 15.2 Å². The summed E-state index contributed by atoms with van der Waals surface area (Å²) in [5.74, 6) is 0. The average molecular weight is 383 g/mol. The van der Waals surface area contributed by atoms with Crippen molar-refractivity contribution in [3.8, 4) is 0 Å². The van der Waals surface area contributed by atoms with Gasteiger partial charge in [-0.3, -0.25) is 4.90 Å². The van der Waals surface area contributed by atoms with Crippen molar-refractivity contribution in [2.24, 2.45) is 0 Å². The van der Waals surface area contributed by atoms with E-state index in [9.17, 15) is 4.39 Å².